The molecule has 4 heteroatoms. The van der Waals surface area contributed by atoms with Crippen LogP contribution < -0.4 is 5.32 Å². The lowest BCUT2D eigenvalue weighted by Crippen LogP contribution is -2.39. The van der Waals surface area contributed by atoms with Crippen LogP contribution in [0.1, 0.15) is 33.6 Å². The normalized spacial score (nSPS) is 40.3. The molecule has 0 aromatic rings. The molecule has 2 aliphatic rings. The molecule has 0 aromatic carbocycles. The van der Waals surface area contributed by atoms with E-state index < -0.39 is 12.0 Å². The number of aliphatic hydroxyl groups excluding tert-OH is 1. The third kappa shape index (κ3) is 2.75. The molecular formula is C14H23NO3. The third-order valence-corrected chi connectivity index (χ3v) is 3.67. The number of carbonyl (C=O) groups is 1. The summed E-state index contributed by atoms with van der Waals surface area (Å²) >= 11 is 0. The highest BCUT2D eigenvalue weighted by atomic mass is 16.5. The van der Waals surface area contributed by atoms with Gasteiger partial charge in [-0.1, -0.05) is 26.0 Å². The molecule has 0 spiro atoms. The Hall–Kier alpha value is -0.870. The van der Waals surface area contributed by atoms with Crippen molar-refractivity contribution >= 4 is 5.91 Å². The van der Waals surface area contributed by atoms with Gasteiger partial charge in [-0.05, 0) is 25.7 Å². The predicted molar refractivity (Wildman–Crippen MR) is 69.0 cm³/mol. The van der Waals surface area contributed by atoms with E-state index in [9.17, 15) is 9.90 Å². The second kappa shape index (κ2) is 5.41. The molecule has 4 nitrogen and oxygen atoms in total. The Morgan fingerprint density at radius 1 is 1.56 bits per heavy atom. The minimum Gasteiger partial charge on any atom is -0.390 e. The Labute approximate surface area is 108 Å². The first-order valence-electron chi connectivity index (χ1n) is 6.79. The lowest BCUT2D eigenvalue weighted by Gasteiger charge is -2.28. The summed E-state index contributed by atoms with van der Waals surface area (Å²) in [4.78, 5) is 12.0. The molecule has 0 aromatic heterocycles. The van der Waals surface area contributed by atoms with Gasteiger partial charge in [0.15, 0.2) is 0 Å². The van der Waals surface area contributed by atoms with E-state index in [-0.39, 0.29) is 24.2 Å². The largest absolute Gasteiger partial charge is 0.390 e. The van der Waals surface area contributed by atoms with Crippen LogP contribution in [0.15, 0.2) is 12.2 Å². The predicted octanol–water partition coefficient (Wildman–Crippen LogP) is 1.24. The Bertz CT molecular complexity index is 340. The summed E-state index contributed by atoms with van der Waals surface area (Å²) in [6.07, 6.45) is 4.79. The first-order valence-corrected chi connectivity index (χ1v) is 6.79. The zero-order valence-corrected chi connectivity index (χ0v) is 11.3. The smallest absolute Gasteiger partial charge is 0.229 e. The van der Waals surface area contributed by atoms with E-state index in [2.05, 4.69) is 19.2 Å². The number of carbonyl (C=O) groups excluding carboxylic acids is 1. The summed E-state index contributed by atoms with van der Waals surface area (Å²) in [5.41, 5.74) is 0. The highest BCUT2D eigenvalue weighted by Gasteiger charge is 2.46. The Kier molecular flexibility index (Phi) is 4.07. The Balaban J connectivity index is 2.06. The highest BCUT2D eigenvalue weighted by Crippen LogP contribution is 2.29. The van der Waals surface area contributed by atoms with Gasteiger partial charge in [0.1, 0.15) is 0 Å². The van der Waals surface area contributed by atoms with Crippen LogP contribution in [0.5, 0.6) is 0 Å². The fourth-order valence-electron chi connectivity index (χ4n) is 2.80. The molecule has 2 heterocycles. The monoisotopic (exact) mass is 253 g/mol. The van der Waals surface area contributed by atoms with E-state index in [1.807, 2.05) is 19.1 Å². The highest BCUT2D eigenvalue weighted by molar-refractivity contribution is 5.83. The molecule has 5 atom stereocenters. The Morgan fingerprint density at radius 2 is 2.28 bits per heavy atom. The Morgan fingerprint density at radius 3 is 2.89 bits per heavy atom. The van der Waals surface area contributed by atoms with Crippen molar-refractivity contribution in [1.82, 2.24) is 5.32 Å². The van der Waals surface area contributed by atoms with Gasteiger partial charge >= 0.3 is 0 Å². The van der Waals surface area contributed by atoms with Crippen molar-refractivity contribution < 1.29 is 14.6 Å². The second-order valence-corrected chi connectivity index (χ2v) is 5.84. The number of amides is 1. The molecule has 2 rings (SSSR count). The summed E-state index contributed by atoms with van der Waals surface area (Å²) in [6.45, 7) is 6.16. The summed E-state index contributed by atoms with van der Waals surface area (Å²) in [5, 5.41) is 13.2. The maximum absolute atomic E-state index is 12.0. The fraction of sp³-hybridized carbons (Fsp3) is 0.786. The maximum Gasteiger partial charge on any atom is 0.229 e. The standard InChI is InChI=1S/C14H23NO3/c1-8(2)7-10-13(16)12(14(17)15-10)11-6-4-5-9(3)18-11/h4,6,8-13,16H,5,7H2,1-3H3,(H,15,17)/t9-,10+,11-,12-,13+/m1/s1. The number of aliphatic hydroxyl groups is 1. The molecule has 0 bridgehead atoms. The third-order valence-electron chi connectivity index (χ3n) is 3.67. The number of nitrogens with one attached hydrogen (secondary N) is 1. The van der Waals surface area contributed by atoms with E-state index >= 15 is 0 Å². The number of ether oxygens (including phenoxy) is 1. The zero-order chi connectivity index (χ0) is 13.3. The van der Waals surface area contributed by atoms with Gasteiger partial charge in [-0.3, -0.25) is 4.79 Å². The van der Waals surface area contributed by atoms with Gasteiger partial charge in [-0.2, -0.15) is 0 Å². The van der Waals surface area contributed by atoms with Gasteiger partial charge in [0.25, 0.3) is 0 Å². The molecule has 1 saturated heterocycles. The van der Waals surface area contributed by atoms with Crippen LogP contribution in [0.25, 0.3) is 0 Å². The lowest BCUT2D eigenvalue weighted by atomic mass is 9.90. The molecule has 2 N–H and O–H groups in total. The van der Waals surface area contributed by atoms with Crippen molar-refractivity contribution in [1.29, 1.82) is 0 Å². The van der Waals surface area contributed by atoms with Crippen molar-refractivity contribution in [3.05, 3.63) is 12.2 Å². The fourth-order valence-corrected chi connectivity index (χ4v) is 2.80. The lowest BCUT2D eigenvalue weighted by molar-refractivity contribution is -0.130. The van der Waals surface area contributed by atoms with Crippen molar-refractivity contribution in [2.24, 2.45) is 11.8 Å². The van der Waals surface area contributed by atoms with Crippen LogP contribution in [0.4, 0.5) is 0 Å². The SMILES string of the molecule is CC(C)C[C@@H]1NC(=O)[C@H]([C@H]2C=CC[C@@H](C)O2)[C@H]1O. The van der Waals surface area contributed by atoms with Crippen LogP contribution in [0, 0.1) is 11.8 Å². The number of hydrogen-bond acceptors (Lipinski definition) is 3. The van der Waals surface area contributed by atoms with Gasteiger partial charge in [0.2, 0.25) is 5.91 Å². The van der Waals surface area contributed by atoms with Gasteiger partial charge in [0, 0.05) is 0 Å². The van der Waals surface area contributed by atoms with E-state index in [1.165, 1.54) is 0 Å². The summed E-state index contributed by atoms with van der Waals surface area (Å²) in [7, 11) is 0. The molecular weight excluding hydrogens is 230 g/mol. The maximum atomic E-state index is 12.0. The molecule has 102 valence electrons. The number of hydrogen-bond donors (Lipinski definition) is 2. The van der Waals surface area contributed by atoms with Crippen molar-refractivity contribution in [3.8, 4) is 0 Å². The van der Waals surface area contributed by atoms with E-state index in [0.717, 1.165) is 12.8 Å². The van der Waals surface area contributed by atoms with E-state index in [4.69, 9.17) is 4.74 Å². The van der Waals surface area contributed by atoms with Gasteiger partial charge in [-0.25, -0.2) is 0 Å². The summed E-state index contributed by atoms with van der Waals surface area (Å²) in [6, 6.07) is -0.142. The molecule has 1 amide bonds. The van der Waals surface area contributed by atoms with Crippen molar-refractivity contribution in [3.63, 3.8) is 0 Å². The first kappa shape index (κ1) is 13.6. The van der Waals surface area contributed by atoms with Crippen LogP contribution in [0.2, 0.25) is 0 Å². The average Bonchev–Trinajstić information content (AvgIpc) is 2.53. The molecule has 2 aliphatic heterocycles. The van der Waals surface area contributed by atoms with Gasteiger partial charge in [-0.15, -0.1) is 0 Å². The first-order chi connectivity index (χ1) is 8.49. The van der Waals surface area contributed by atoms with Crippen LogP contribution in [-0.2, 0) is 9.53 Å². The van der Waals surface area contributed by atoms with Crippen LogP contribution in [-0.4, -0.2) is 35.4 Å². The van der Waals surface area contributed by atoms with Crippen LogP contribution >= 0.6 is 0 Å². The van der Waals surface area contributed by atoms with Gasteiger partial charge < -0.3 is 15.2 Å². The summed E-state index contributed by atoms with van der Waals surface area (Å²) < 4.78 is 5.76. The minimum absolute atomic E-state index is 0.0862. The molecule has 0 unspecified atom stereocenters. The second-order valence-electron chi connectivity index (χ2n) is 5.84. The van der Waals surface area contributed by atoms with E-state index in [1.54, 1.807) is 0 Å². The van der Waals surface area contributed by atoms with Crippen molar-refractivity contribution in [2.75, 3.05) is 0 Å². The zero-order valence-electron chi connectivity index (χ0n) is 11.3. The minimum atomic E-state index is -0.653. The molecule has 0 saturated carbocycles. The summed E-state index contributed by atoms with van der Waals surface area (Å²) in [5.74, 6) is -0.102. The molecule has 0 aliphatic carbocycles. The number of rotatable bonds is 3. The molecule has 18 heavy (non-hydrogen) atoms. The van der Waals surface area contributed by atoms with Crippen LogP contribution in [0.3, 0.4) is 0 Å². The van der Waals surface area contributed by atoms with Crippen molar-refractivity contribution in [2.45, 2.75) is 58.0 Å². The molecule has 0 radical (unpaired) electrons. The van der Waals surface area contributed by atoms with E-state index in [0.29, 0.717) is 5.92 Å². The topological polar surface area (TPSA) is 58.6 Å². The average molecular weight is 253 g/mol. The van der Waals surface area contributed by atoms with Gasteiger partial charge in [0.05, 0.1) is 30.3 Å². The molecule has 1 fully saturated rings. The quantitative estimate of drug-likeness (QED) is 0.744.